The molecule has 2 N–H and O–H groups in total. The fraction of sp³-hybridized carbons (Fsp3) is 0.231. The fourth-order valence-corrected chi connectivity index (χ4v) is 1.82. The van der Waals surface area contributed by atoms with Gasteiger partial charge in [0.05, 0.1) is 22.9 Å². The summed E-state index contributed by atoms with van der Waals surface area (Å²) in [6, 6.07) is 4.95. The molecule has 5 nitrogen and oxygen atoms in total. The summed E-state index contributed by atoms with van der Waals surface area (Å²) < 4.78 is 5.23. The van der Waals surface area contributed by atoms with Crippen molar-refractivity contribution in [3.8, 4) is 0 Å². The van der Waals surface area contributed by atoms with Gasteiger partial charge in [-0.25, -0.2) is 4.98 Å². The zero-order chi connectivity index (χ0) is 13.8. The molecule has 0 saturated carbocycles. The van der Waals surface area contributed by atoms with Gasteiger partial charge in [0.25, 0.3) is 5.91 Å². The van der Waals surface area contributed by atoms with Gasteiger partial charge in [-0.05, 0) is 25.1 Å². The first-order chi connectivity index (χ1) is 9.11. The second kappa shape index (κ2) is 5.75. The molecule has 1 atom stereocenters. The van der Waals surface area contributed by atoms with Gasteiger partial charge in [0, 0.05) is 13.2 Å². The summed E-state index contributed by atoms with van der Waals surface area (Å²) in [6.45, 7) is 1.84. The van der Waals surface area contributed by atoms with Crippen molar-refractivity contribution in [2.75, 3.05) is 12.4 Å². The van der Waals surface area contributed by atoms with Crippen LogP contribution in [-0.4, -0.2) is 17.9 Å². The van der Waals surface area contributed by atoms with Crippen molar-refractivity contribution in [1.29, 1.82) is 0 Å². The molecule has 2 rings (SSSR count). The molecular weight excluding hydrogens is 266 g/mol. The molecule has 2 aromatic rings. The van der Waals surface area contributed by atoms with E-state index in [0.29, 0.717) is 22.2 Å². The van der Waals surface area contributed by atoms with Gasteiger partial charge in [0.2, 0.25) is 0 Å². The Bertz CT molecular complexity index is 569. The lowest BCUT2D eigenvalue weighted by molar-refractivity contribution is 0.0935. The van der Waals surface area contributed by atoms with Crippen molar-refractivity contribution in [3.05, 3.63) is 47.0 Å². The molecule has 2 aromatic heterocycles. The molecule has 2 heterocycles. The highest BCUT2D eigenvalue weighted by atomic mass is 35.5. The molecule has 0 aromatic carbocycles. The van der Waals surface area contributed by atoms with E-state index in [0.717, 1.165) is 0 Å². The number of pyridine rings is 1. The predicted octanol–water partition coefficient (Wildman–Crippen LogP) is 2.86. The van der Waals surface area contributed by atoms with E-state index < -0.39 is 0 Å². The van der Waals surface area contributed by atoms with Gasteiger partial charge in [-0.1, -0.05) is 11.6 Å². The Labute approximate surface area is 116 Å². The van der Waals surface area contributed by atoms with Gasteiger partial charge < -0.3 is 15.1 Å². The summed E-state index contributed by atoms with van der Waals surface area (Å²) in [4.78, 5) is 16.2. The molecule has 0 spiro atoms. The second-order valence-corrected chi connectivity index (χ2v) is 4.42. The summed E-state index contributed by atoms with van der Waals surface area (Å²) in [5, 5.41) is 5.99. The summed E-state index contributed by atoms with van der Waals surface area (Å²) >= 11 is 5.98. The molecule has 0 saturated heterocycles. The number of rotatable bonds is 4. The maximum Gasteiger partial charge on any atom is 0.253 e. The number of hydrogen-bond acceptors (Lipinski definition) is 4. The van der Waals surface area contributed by atoms with Crippen molar-refractivity contribution >= 4 is 23.3 Å². The molecule has 0 radical (unpaired) electrons. The first kappa shape index (κ1) is 13.4. The molecule has 0 aliphatic rings. The number of carbonyl (C=O) groups is 1. The smallest absolute Gasteiger partial charge is 0.253 e. The quantitative estimate of drug-likeness (QED) is 0.903. The summed E-state index contributed by atoms with van der Waals surface area (Å²) in [6.07, 6.45) is 3.01. The predicted molar refractivity (Wildman–Crippen MR) is 73.4 cm³/mol. The minimum absolute atomic E-state index is 0.232. The molecule has 6 heteroatoms. The third kappa shape index (κ3) is 3.06. The van der Waals surface area contributed by atoms with Gasteiger partial charge in [-0.3, -0.25) is 4.79 Å². The Morgan fingerprint density at radius 1 is 1.53 bits per heavy atom. The highest BCUT2D eigenvalue weighted by Gasteiger charge is 2.16. The van der Waals surface area contributed by atoms with E-state index in [2.05, 4.69) is 15.6 Å². The fourth-order valence-electron chi connectivity index (χ4n) is 1.63. The van der Waals surface area contributed by atoms with Gasteiger partial charge >= 0.3 is 0 Å². The minimum Gasteiger partial charge on any atom is -0.467 e. The summed E-state index contributed by atoms with van der Waals surface area (Å²) in [7, 11) is 1.73. The van der Waals surface area contributed by atoms with Gasteiger partial charge in [0.1, 0.15) is 11.6 Å². The average Bonchev–Trinajstić information content (AvgIpc) is 2.93. The number of nitrogens with one attached hydrogen (secondary N) is 2. The van der Waals surface area contributed by atoms with Crippen LogP contribution in [-0.2, 0) is 0 Å². The largest absolute Gasteiger partial charge is 0.467 e. The molecule has 0 aliphatic heterocycles. The van der Waals surface area contributed by atoms with Crippen molar-refractivity contribution in [2.24, 2.45) is 0 Å². The van der Waals surface area contributed by atoms with Gasteiger partial charge in [-0.15, -0.1) is 0 Å². The Balaban J connectivity index is 2.16. The van der Waals surface area contributed by atoms with Gasteiger partial charge in [-0.2, -0.15) is 0 Å². The first-order valence-electron chi connectivity index (χ1n) is 5.79. The SMILES string of the molecule is CNc1cc(C(=O)NC(C)c2ccco2)c(Cl)cn1. The molecule has 0 aliphatic carbocycles. The van der Waals surface area contributed by atoms with E-state index in [4.69, 9.17) is 16.0 Å². The number of aromatic nitrogens is 1. The van der Waals surface area contributed by atoms with E-state index in [9.17, 15) is 4.79 Å². The lowest BCUT2D eigenvalue weighted by atomic mass is 10.2. The van der Waals surface area contributed by atoms with Crippen LogP contribution in [0.1, 0.15) is 29.1 Å². The van der Waals surface area contributed by atoms with Crippen LogP contribution in [0.15, 0.2) is 35.1 Å². The Kier molecular flexibility index (Phi) is 4.06. The van der Waals surface area contributed by atoms with E-state index >= 15 is 0 Å². The first-order valence-corrected chi connectivity index (χ1v) is 6.17. The number of hydrogen-bond donors (Lipinski definition) is 2. The lowest BCUT2D eigenvalue weighted by Gasteiger charge is -2.12. The Morgan fingerprint density at radius 3 is 2.95 bits per heavy atom. The number of carbonyl (C=O) groups excluding carboxylic acids is 1. The van der Waals surface area contributed by atoms with Crippen LogP contribution < -0.4 is 10.6 Å². The lowest BCUT2D eigenvalue weighted by Crippen LogP contribution is -2.26. The number of halogens is 1. The summed E-state index contributed by atoms with van der Waals surface area (Å²) in [5.41, 5.74) is 0.374. The number of anilines is 1. The average molecular weight is 280 g/mol. The van der Waals surface area contributed by atoms with Crippen LogP contribution in [0.3, 0.4) is 0 Å². The highest BCUT2D eigenvalue weighted by molar-refractivity contribution is 6.33. The second-order valence-electron chi connectivity index (χ2n) is 4.01. The molecule has 0 bridgehead atoms. The van der Waals surface area contributed by atoms with E-state index in [1.165, 1.54) is 6.20 Å². The number of amides is 1. The molecule has 0 fully saturated rings. The van der Waals surface area contributed by atoms with Gasteiger partial charge in [0.15, 0.2) is 0 Å². The van der Waals surface area contributed by atoms with Crippen LogP contribution in [0.2, 0.25) is 5.02 Å². The topological polar surface area (TPSA) is 67.2 Å². The molecule has 19 heavy (non-hydrogen) atoms. The van der Waals surface area contributed by atoms with Crippen LogP contribution >= 0.6 is 11.6 Å². The molecule has 100 valence electrons. The standard InChI is InChI=1S/C13H14ClN3O2/c1-8(11-4-3-5-19-11)17-13(18)9-6-12(15-2)16-7-10(9)14/h3-8H,1-2H3,(H,15,16)(H,17,18). The van der Waals surface area contributed by atoms with Crippen molar-refractivity contribution in [1.82, 2.24) is 10.3 Å². The zero-order valence-corrected chi connectivity index (χ0v) is 11.4. The van der Waals surface area contributed by atoms with Crippen molar-refractivity contribution < 1.29 is 9.21 Å². The Hall–Kier alpha value is -2.01. The Morgan fingerprint density at radius 2 is 2.32 bits per heavy atom. The van der Waals surface area contributed by atoms with E-state index in [1.807, 2.05) is 6.92 Å². The third-order valence-electron chi connectivity index (χ3n) is 2.67. The van der Waals surface area contributed by atoms with Crippen LogP contribution in [0.4, 0.5) is 5.82 Å². The van der Waals surface area contributed by atoms with Crippen LogP contribution in [0.25, 0.3) is 0 Å². The van der Waals surface area contributed by atoms with Crippen molar-refractivity contribution in [3.63, 3.8) is 0 Å². The number of furan rings is 1. The summed E-state index contributed by atoms with van der Waals surface area (Å²) in [5.74, 6) is 1.00. The molecular formula is C13H14ClN3O2. The monoisotopic (exact) mass is 279 g/mol. The normalized spacial score (nSPS) is 11.9. The van der Waals surface area contributed by atoms with E-state index in [-0.39, 0.29) is 11.9 Å². The number of nitrogens with zero attached hydrogens (tertiary/aromatic N) is 1. The molecule has 1 amide bonds. The third-order valence-corrected chi connectivity index (χ3v) is 2.97. The minimum atomic E-state index is -0.271. The maximum atomic E-state index is 12.1. The van der Waals surface area contributed by atoms with Crippen LogP contribution in [0, 0.1) is 0 Å². The highest BCUT2D eigenvalue weighted by Crippen LogP contribution is 2.19. The van der Waals surface area contributed by atoms with Crippen molar-refractivity contribution in [2.45, 2.75) is 13.0 Å². The molecule has 1 unspecified atom stereocenters. The van der Waals surface area contributed by atoms with Crippen LogP contribution in [0.5, 0.6) is 0 Å². The van der Waals surface area contributed by atoms with E-state index in [1.54, 1.807) is 31.5 Å². The zero-order valence-electron chi connectivity index (χ0n) is 10.6. The maximum absolute atomic E-state index is 12.1.